The Balaban J connectivity index is 1.63. The van der Waals surface area contributed by atoms with Crippen molar-refractivity contribution in [2.75, 3.05) is 49.2 Å². The van der Waals surface area contributed by atoms with Crippen molar-refractivity contribution < 1.29 is 13.2 Å². The van der Waals surface area contributed by atoms with Gasteiger partial charge in [-0.2, -0.15) is 23.1 Å². The zero-order chi connectivity index (χ0) is 23.9. The Kier molecular flexibility index (Phi) is 5.93. The van der Waals surface area contributed by atoms with Crippen LogP contribution in [0.4, 0.5) is 30.6 Å². The van der Waals surface area contributed by atoms with E-state index < -0.39 is 11.7 Å². The van der Waals surface area contributed by atoms with Gasteiger partial charge < -0.3 is 16.0 Å². The number of fused-ring (bicyclic) bond motifs is 1. The van der Waals surface area contributed by atoms with Crippen LogP contribution in [-0.2, 0) is 6.18 Å². The van der Waals surface area contributed by atoms with E-state index in [0.29, 0.717) is 41.6 Å². The average Bonchev–Trinajstić information content (AvgIpc) is 3.37. The van der Waals surface area contributed by atoms with Gasteiger partial charge in [-0.1, -0.05) is 18.9 Å². The Morgan fingerprint density at radius 1 is 1.03 bits per heavy atom. The molecule has 0 unspecified atom stereocenters. The highest BCUT2D eigenvalue weighted by Gasteiger charge is 2.37. The van der Waals surface area contributed by atoms with E-state index in [0.717, 1.165) is 19.2 Å². The molecule has 180 valence electrons. The Hall–Kier alpha value is -3.14. The number of rotatable bonds is 4. The number of anilines is 3. The normalized spacial score (nSPS) is 18.1. The number of piperazine rings is 1. The molecule has 7 nitrogen and oxygen atoms in total. The number of benzene rings is 1. The van der Waals surface area contributed by atoms with Crippen LogP contribution in [0.1, 0.15) is 31.2 Å². The molecule has 5 rings (SSSR count). The number of nitrogens with zero attached hydrogens (tertiary/aromatic N) is 5. The van der Waals surface area contributed by atoms with E-state index >= 15 is 0 Å². The first-order chi connectivity index (χ1) is 16.4. The highest BCUT2D eigenvalue weighted by Crippen LogP contribution is 2.45. The summed E-state index contributed by atoms with van der Waals surface area (Å²) in [4.78, 5) is 17.2. The van der Waals surface area contributed by atoms with E-state index in [2.05, 4.69) is 30.1 Å². The molecule has 10 heteroatoms. The van der Waals surface area contributed by atoms with E-state index in [1.54, 1.807) is 19.2 Å². The van der Waals surface area contributed by atoms with Gasteiger partial charge in [-0.15, -0.1) is 0 Å². The molecule has 0 radical (unpaired) electrons. The van der Waals surface area contributed by atoms with E-state index in [1.165, 1.54) is 37.9 Å². The fourth-order valence-electron chi connectivity index (χ4n) is 5.38. The van der Waals surface area contributed by atoms with E-state index in [-0.39, 0.29) is 17.2 Å². The molecular weight excluding hydrogens is 443 g/mol. The lowest BCUT2D eigenvalue weighted by atomic mass is 9.94. The van der Waals surface area contributed by atoms with Crippen molar-refractivity contribution in [3.8, 4) is 11.1 Å². The minimum atomic E-state index is -4.53. The van der Waals surface area contributed by atoms with E-state index in [9.17, 15) is 13.2 Å². The summed E-state index contributed by atoms with van der Waals surface area (Å²) in [5.41, 5.74) is 6.45. The summed E-state index contributed by atoms with van der Waals surface area (Å²) >= 11 is 0. The van der Waals surface area contributed by atoms with Gasteiger partial charge in [0.2, 0.25) is 5.95 Å². The Morgan fingerprint density at radius 3 is 2.44 bits per heavy atom. The van der Waals surface area contributed by atoms with E-state index in [4.69, 9.17) is 5.73 Å². The molecule has 2 aromatic heterocycles. The number of pyridine rings is 1. The van der Waals surface area contributed by atoms with E-state index in [1.807, 2.05) is 0 Å². The molecule has 1 saturated heterocycles. The molecule has 1 aromatic carbocycles. The topological polar surface area (TPSA) is 83.2 Å². The second kappa shape index (κ2) is 8.90. The summed E-state index contributed by atoms with van der Waals surface area (Å²) < 4.78 is 42.9. The van der Waals surface area contributed by atoms with Gasteiger partial charge in [0, 0.05) is 62.3 Å². The fourth-order valence-corrected chi connectivity index (χ4v) is 5.38. The lowest BCUT2D eigenvalue weighted by molar-refractivity contribution is -0.137. The number of aromatic nitrogens is 3. The summed E-state index contributed by atoms with van der Waals surface area (Å²) in [6.07, 6.45) is 1.90. The molecule has 0 bridgehead atoms. The summed E-state index contributed by atoms with van der Waals surface area (Å²) in [6, 6.07) is 6.61. The highest BCUT2D eigenvalue weighted by atomic mass is 19.4. The predicted molar refractivity (Wildman–Crippen MR) is 128 cm³/mol. The van der Waals surface area contributed by atoms with Crippen molar-refractivity contribution in [2.24, 2.45) is 0 Å². The molecule has 2 aliphatic rings. The predicted octanol–water partition coefficient (Wildman–Crippen LogP) is 4.40. The molecule has 0 atom stereocenters. The van der Waals surface area contributed by atoms with Crippen molar-refractivity contribution in [1.82, 2.24) is 19.9 Å². The number of alkyl halides is 3. The zero-order valence-corrected chi connectivity index (χ0v) is 19.1. The number of nitrogens with one attached hydrogen (secondary N) is 1. The van der Waals surface area contributed by atoms with Crippen LogP contribution >= 0.6 is 0 Å². The van der Waals surface area contributed by atoms with Crippen molar-refractivity contribution in [3.63, 3.8) is 0 Å². The summed E-state index contributed by atoms with van der Waals surface area (Å²) in [7, 11) is 1.65. The van der Waals surface area contributed by atoms with Crippen LogP contribution in [0.25, 0.3) is 22.2 Å². The van der Waals surface area contributed by atoms with Gasteiger partial charge in [0.15, 0.2) is 5.65 Å². The molecule has 1 aliphatic heterocycles. The molecule has 3 heterocycles. The van der Waals surface area contributed by atoms with Gasteiger partial charge in [0.25, 0.3) is 0 Å². The lowest BCUT2D eigenvalue weighted by Gasteiger charge is -2.40. The third-order valence-electron chi connectivity index (χ3n) is 6.96. The zero-order valence-electron chi connectivity index (χ0n) is 19.1. The summed E-state index contributed by atoms with van der Waals surface area (Å²) in [6.45, 7) is 3.05. The molecule has 3 N–H and O–H groups in total. The maximum Gasteiger partial charge on any atom is 0.417 e. The SMILES string of the molecule is CNc1nc(N)nc2nccc(-c3c(N4CCN(C5CCCC5)CC4)cccc3C(F)(F)F)c12. The van der Waals surface area contributed by atoms with Crippen LogP contribution in [-0.4, -0.2) is 59.1 Å². The number of nitrogens with two attached hydrogens (primary N) is 1. The maximum absolute atomic E-state index is 14.3. The number of nitrogen functional groups attached to an aromatic ring is 1. The number of hydrogen-bond acceptors (Lipinski definition) is 7. The first-order valence-corrected chi connectivity index (χ1v) is 11.7. The minimum Gasteiger partial charge on any atom is -0.372 e. The Morgan fingerprint density at radius 2 is 1.76 bits per heavy atom. The van der Waals surface area contributed by atoms with Crippen LogP contribution in [0.15, 0.2) is 30.5 Å². The van der Waals surface area contributed by atoms with Crippen LogP contribution in [0.3, 0.4) is 0 Å². The van der Waals surface area contributed by atoms with Gasteiger partial charge in [-0.05, 0) is 31.0 Å². The molecule has 1 saturated carbocycles. The monoisotopic (exact) mass is 471 g/mol. The standard InChI is InChI=1S/C24H28F3N7/c1-29-21-20-16(9-10-30-22(20)32-23(28)31-21)19-17(24(25,26)27)7-4-8-18(19)34-13-11-33(12-14-34)15-5-2-3-6-15/h4,7-10,15H,2-3,5-6,11-14H2,1H3,(H3,28,29,30,31,32). The largest absolute Gasteiger partial charge is 0.417 e. The second-order valence-corrected chi connectivity index (χ2v) is 8.90. The molecule has 34 heavy (non-hydrogen) atoms. The van der Waals surface area contributed by atoms with Crippen LogP contribution in [0.2, 0.25) is 0 Å². The average molecular weight is 472 g/mol. The van der Waals surface area contributed by atoms with Gasteiger partial charge in [-0.25, -0.2) is 4.98 Å². The van der Waals surface area contributed by atoms with Crippen molar-refractivity contribution in [3.05, 3.63) is 36.0 Å². The van der Waals surface area contributed by atoms with Crippen LogP contribution in [0.5, 0.6) is 0 Å². The van der Waals surface area contributed by atoms with Gasteiger partial charge >= 0.3 is 6.18 Å². The van der Waals surface area contributed by atoms with Gasteiger partial charge in [0.1, 0.15) is 5.82 Å². The first kappa shape index (κ1) is 22.6. The molecule has 0 amide bonds. The lowest BCUT2D eigenvalue weighted by Crippen LogP contribution is -2.49. The van der Waals surface area contributed by atoms with Crippen LogP contribution in [0, 0.1) is 0 Å². The van der Waals surface area contributed by atoms with Gasteiger partial charge in [0.05, 0.1) is 10.9 Å². The maximum atomic E-state index is 14.3. The van der Waals surface area contributed by atoms with Crippen molar-refractivity contribution in [2.45, 2.75) is 37.9 Å². The Labute approximate surface area is 196 Å². The van der Waals surface area contributed by atoms with Crippen LogP contribution < -0.4 is 16.0 Å². The smallest absolute Gasteiger partial charge is 0.372 e. The highest BCUT2D eigenvalue weighted by molar-refractivity contribution is 6.03. The third-order valence-corrected chi connectivity index (χ3v) is 6.96. The van der Waals surface area contributed by atoms with Gasteiger partial charge in [-0.3, -0.25) is 4.90 Å². The number of halogens is 3. The molecular formula is C24H28F3N7. The third kappa shape index (κ3) is 4.11. The molecule has 1 aliphatic carbocycles. The molecule has 0 spiro atoms. The summed E-state index contributed by atoms with van der Waals surface area (Å²) in [5.74, 6) is 0.355. The molecule has 3 aromatic rings. The molecule has 2 fully saturated rings. The van der Waals surface area contributed by atoms with Crippen molar-refractivity contribution in [1.29, 1.82) is 0 Å². The Bertz CT molecular complexity index is 1180. The minimum absolute atomic E-state index is 0.00821. The first-order valence-electron chi connectivity index (χ1n) is 11.7. The second-order valence-electron chi connectivity index (χ2n) is 8.90. The summed E-state index contributed by atoms with van der Waals surface area (Å²) in [5, 5.41) is 3.36. The van der Waals surface area contributed by atoms with Crippen molar-refractivity contribution >= 4 is 28.5 Å². The quantitative estimate of drug-likeness (QED) is 0.584. The number of hydrogen-bond donors (Lipinski definition) is 2. The fraction of sp³-hybridized carbons (Fsp3) is 0.458.